The van der Waals surface area contributed by atoms with Gasteiger partial charge in [-0.25, -0.2) is 0 Å². The molecular formula is C40H28. The maximum absolute atomic E-state index is 2.45. The summed E-state index contributed by atoms with van der Waals surface area (Å²) in [6.07, 6.45) is 4.64. The molecule has 0 unspecified atom stereocenters. The molecule has 0 heteroatoms. The van der Waals surface area contributed by atoms with Gasteiger partial charge in [-0.15, -0.1) is 0 Å². The van der Waals surface area contributed by atoms with Gasteiger partial charge < -0.3 is 0 Å². The molecule has 0 amide bonds. The predicted molar refractivity (Wildman–Crippen MR) is 172 cm³/mol. The van der Waals surface area contributed by atoms with Gasteiger partial charge in [0.05, 0.1) is 0 Å². The lowest BCUT2D eigenvalue weighted by atomic mass is 9.80. The number of fused-ring (bicyclic) bond motifs is 4. The first kappa shape index (κ1) is 23.0. The summed E-state index contributed by atoms with van der Waals surface area (Å²) >= 11 is 0. The molecule has 1 aliphatic rings. The Labute approximate surface area is 234 Å². The van der Waals surface area contributed by atoms with Gasteiger partial charge in [0.1, 0.15) is 0 Å². The van der Waals surface area contributed by atoms with Crippen LogP contribution in [-0.2, 0) is 6.42 Å². The molecule has 1 aliphatic carbocycles. The third-order valence-corrected chi connectivity index (χ3v) is 8.53. The van der Waals surface area contributed by atoms with Crippen molar-refractivity contribution in [3.63, 3.8) is 0 Å². The second kappa shape index (κ2) is 9.36. The minimum atomic E-state index is 1.08. The van der Waals surface area contributed by atoms with Gasteiger partial charge in [-0.1, -0.05) is 140 Å². The van der Waals surface area contributed by atoms with E-state index in [2.05, 4.69) is 146 Å². The SMILES string of the molecule is C1=C(c2c3ccccc3c(-c3ccc(-c4ccc5ccccc5c4)cc3)c3ccccc23)c2ccccc2CC1. The van der Waals surface area contributed by atoms with Crippen LogP contribution in [0.1, 0.15) is 23.1 Å². The van der Waals surface area contributed by atoms with E-state index in [0.717, 1.165) is 12.8 Å². The van der Waals surface area contributed by atoms with E-state index in [0.29, 0.717) is 0 Å². The molecule has 0 spiro atoms. The average molecular weight is 509 g/mol. The largest absolute Gasteiger partial charge is 0.0757 e. The van der Waals surface area contributed by atoms with E-state index in [1.165, 1.54) is 76.8 Å². The van der Waals surface area contributed by atoms with E-state index in [1.54, 1.807) is 0 Å². The molecule has 7 aromatic carbocycles. The maximum atomic E-state index is 2.45. The third-order valence-electron chi connectivity index (χ3n) is 8.53. The second-order valence-corrected chi connectivity index (χ2v) is 10.8. The van der Waals surface area contributed by atoms with Crippen molar-refractivity contribution in [1.82, 2.24) is 0 Å². The highest BCUT2D eigenvalue weighted by molar-refractivity contribution is 6.20. The van der Waals surface area contributed by atoms with E-state index in [1.807, 2.05) is 0 Å². The van der Waals surface area contributed by atoms with Crippen molar-refractivity contribution in [2.24, 2.45) is 0 Å². The summed E-state index contributed by atoms with van der Waals surface area (Å²) in [6, 6.07) is 51.3. The Balaban J connectivity index is 1.33. The lowest BCUT2D eigenvalue weighted by Gasteiger charge is -2.23. The van der Waals surface area contributed by atoms with Gasteiger partial charge in [0.25, 0.3) is 0 Å². The summed E-state index contributed by atoms with van der Waals surface area (Å²) < 4.78 is 0. The van der Waals surface area contributed by atoms with Crippen LogP contribution >= 0.6 is 0 Å². The van der Waals surface area contributed by atoms with Crippen LogP contribution in [0, 0.1) is 0 Å². The molecular weight excluding hydrogens is 480 g/mol. The Morgan fingerprint density at radius 2 is 0.950 bits per heavy atom. The van der Waals surface area contributed by atoms with Crippen LogP contribution in [0.3, 0.4) is 0 Å². The highest BCUT2D eigenvalue weighted by atomic mass is 14.2. The molecule has 0 heterocycles. The van der Waals surface area contributed by atoms with Crippen LogP contribution < -0.4 is 0 Å². The fourth-order valence-electron chi connectivity index (χ4n) is 6.65. The van der Waals surface area contributed by atoms with Crippen LogP contribution in [0.2, 0.25) is 0 Å². The number of benzene rings is 7. The summed E-state index contributed by atoms with van der Waals surface area (Å²) in [6.45, 7) is 0. The number of aryl methyl sites for hydroxylation is 1. The maximum Gasteiger partial charge on any atom is -0.00235 e. The molecule has 0 aromatic heterocycles. The van der Waals surface area contributed by atoms with Crippen molar-refractivity contribution in [2.45, 2.75) is 12.8 Å². The zero-order valence-electron chi connectivity index (χ0n) is 22.3. The summed E-state index contributed by atoms with van der Waals surface area (Å²) in [7, 11) is 0. The Kier molecular flexibility index (Phi) is 5.38. The molecule has 0 nitrogen and oxygen atoms in total. The zero-order valence-corrected chi connectivity index (χ0v) is 22.3. The fraction of sp³-hybridized carbons (Fsp3) is 0.0500. The molecule has 0 saturated heterocycles. The van der Waals surface area contributed by atoms with Crippen LogP contribution in [0.4, 0.5) is 0 Å². The Morgan fingerprint density at radius 3 is 1.68 bits per heavy atom. The third kappa shape index (κ3) is 3.68. The zero-order chi connectivity index (χ0) is 26.5. The van der Waals surface area contributed by atoms with Crippen molar-refractivity contribution in [3.05, 3.63) is 162 Å². The first-order valence-corrected chi connectivity index (χ1v) is 14.2. The quantitative estimate of drug-likeness (QED) is 0.208. The summed E-state index contributed by atoms with van der Waals surface area (Å²) in [5.41, 5.74) is 10.6. The number of hydrogen-bond donors (Lipinski definition) is 0. The van der Waals surface area contributed by atoms with Crippen molar-refractivity contribution < 1.29 is 0 Å². The predicted octanol–water partition coefficient (Wildman–Crippen LogP) is 10.9. The highest BCUT2D eigenvalue weighted by Crippen LogP contribution is 2.45. The molecule has 40 heavy (non-hydrogen) atoms. The Morgan fingerprint density at radius 1 is 0.400 bits per heavy atom. The lowest BCUT2D eigenvalue weighted by Crippen LogP contribution is -2.02. The standard InChI is InChI=1S/C40H28/c1-2-12-31-26-32(25-22-27(31)10-1)28-20-23-30(24-21-28)39-35-15-5-7-17-37(35)40(38-18-8-6-16-36(38)39)34-19-9-13-29-11-3-4-14-33(29)34/h1-8,10-12,14-26H,9,13H2. The molecule has 0 bridgehead atoms. The van der Waals surface area contributed by atoms with Crippen molar-refractivity contribution in [2.75, 3.05) is 0 Å². The van der Waals surface area contributed by atoms with Gasteiger partial charge >= 0.3 is 0 Å². The van der Waals surface area contributed by atoms with Crippen molar-refractivity contribution in [1.29, 1.82) is 0 Å². The van der Waals surface area contributed by atoms with Gasteiger partial charge in [-0.3, -0.25) is 0 Å². The topological polar surface area (TPSA) is 0 Å². The van der Waals surface area contributed by atoms with Gasteiger partial charge in [-0.05, 0) is 95.7 Å². The van der Waals surface area contributed by atoms with Crippen LogP contribution in [-0.4, -0.2) is 0 Å². The average Bonchev–Trinajstić information content (AvgIpc) is 3.03. The van der Waals surface area contributed by atoms with Crippen molar-refractivity contribution >= 4 is 37.9 Å². The number of allylic oxidation sites excluding steroid dienone is 1. The van der Waals surface area contributed by atoms with Gasteiger partial charge in [-0.2, -0.15) is 0 Å². The monoisotopic (exact) mass is 508 g/mol. The van der Waals surface area contributed by atoms with E-state index >= 15 is 0 Å². The molecule has 0 fully saturated rings. The summed E-state index contributed by atoms with van der Waals surface area (Å²) in [5, 5.41) is 7.79. The van der Waals surface area contributed by atoms with E-state index in [-0.39, 0.29) is 0 Å². The summed E-state index contributed by atoms with van der Waals surface area (Å²) in [4.78, 5) is 0. The molecule has 0 radical (unpaired) electrons. The van der Waals surface area contributed by atoms with Crippen LogP contribution in [0.15, 0.2) is 146 Å². The first-order valence-electron chi connectivity index (χ1n) is 14.2. The normalized spacial score (nSPS) is 12.9. The lowest BCUT2D eigenvalue weighted by molar-refractivity contribution is 0.978. The van der Waals surface area contributed by atoms with E-state index in [4.69, 9.17) is 0 Å². The molecule has 0 saturated carbocycles. The van der Waals surface area contributed by atoms with Gasteiger partial charge in [0, 0.05) is 0 Å². The molecule has 0 atom stereocenters. The number of hydrogen-bond acceptors (Lipinski definition) is 0. The molecule has 0 N–H and O–H groups in total. The van der Waals surface area contributed by atoms with Gasteiger partial charge in [0.2, 0.25) is 0 Å². The van der Waals surface area contributed by atoms with Gasteiger partial charge in [0.15, 0.2) is 0 Å². The van der Waals surface area contributed by atoms with E-state index in [9.17, 15) is 0 Å². The molecule has 7 aromatic rings. The smallest absolute Gasteiger partial charge is 0.00235 e. The number of rotatable bonds is 3. The molecule has 0 aliphatic heterocycles. The Hall–Kier alpha value is -4.94. The Bertz CT molecular complexity index is 2030. The van der Waals surface area contributed by atoms with Crippen molar-refractivity contribution in [3.8, 4) is 22.3 Å². The minimum Gasteiger partial charge on any atom is -0.0757 e. The first-order chi connectivity index (χ1) is 19.8. The molecule has 188 valence electrons. The molecule has 8 rings (SSSR count). The van der Waals surface area contributed by atoms with E-state index < -0.39 is 0 Å². The summed E-state index contributed by atoms with van der Waals surface area (Å²) in [5.74, 6) is 0. The second-order valence-electron chi connectivity index (χ2n) is 10.8. The van der Waals surface area contributed by atoms with Crippen LogP contribution in [0.25, 0.3) is 60.1 Å². The minimum absolute atomic E-state index is 1.08. The fourth-order valence-corrected chi connectivity index (χ4v) is 6.65. The van der Waals surface area contributed by atoms with Crippen LogP contribution in [0.5, 0.6) is 0 Å². The highest BCUT2D eigenvalue weighted by Gasteiger charge is 2.21.